The topological polar surface area (TPSA) is 59.1 Å². The van der Waals surface area contributed by atoms with E-state index in [1.165, 1.54) is 29.5 Å². The van der Waals surface area contributed by atoms with Crippen LogP contribution in [0.2, 0.25) is 10.0 Å². The summed E-state index contributed by atoms with van der Waals surface area (Å²) in [6.45, 7) is 0. The molecule has 0 atom stereocenters. The van der Waals surface area contributed by atoms with Crippen LogP contribution in [0.1, 0.15) is 0 Å². The van der Waals surface area contributed by atoms with Gasteiger partial charge in [0.2, 0.25) is 0 Å². The summed E-state index contributed by atoms with van der Waals surface area (Å²) < 4.78 is 28.1. The number of fused-ring (bicyclic) bond motifs is 1. The highest BCUT2D eigenvalue weighted by molar-refractivity contribution is 7.92. The summed E-state index contributed by atoms with van der Waals surface area (Å²) in [5.41, 5.74) is 2.99. The van der Waals surface area contributed by atoms with Gasteiger partial charge in [0.1, 0.15) is 4.90 Å². The second-order valence-electron chi connectivity index (χ2n) is 4.22. The lowest BCUT2D eigenvalue weighted by Gasteiger charge is -2.09. The molecule has 1 heterocycles. The molecule has 0 saturated carbocycles. The lowest BCUT2D eigenvalue weighted by Crippen LogP contribution is -2.13. The number of benzene rings is 2. The molecule has 8 heteroatoms. The van der Waals surface area contributed by atoms with Gasteiger partial charge in [-0.2, -0.15) is 0 Å². The van der Waals surface area contributed by atoms with Crippen LogP contribution < -0.4 is 4.72 Å². The number of thiazole rings is 1. The van der Waals surface area contributed by atoms with Crippen LogP contribution in [0.25, 0.3) is 10.2 Å². The summed E-state index contributed by atoms with van der Waals surface area (Å²) in [5.74, 6) is 0. The van der Waals surface area contributed by atoms with Gasteiger partial charge in [-0.3, -0.25) is 4.72 Å². The number of nitrogens with one attached hydrogen (secondary N) is 1. The lowest BCUT2D eigenvalue weighted by molar-refractivity contribution is 0.601. The van der Waals surface area contributed by atoms with Crippen molar-refractivity contribution < 1.29 is 8.42 Å². The molecule has 0 radical (unpaired) electrons. The van der Waals surface area contributed by atoms with Crippen LogP contribution in [-0.2, 0) is 10.0 Å². The van der Waals surface area contributed by atoms with E-state index in [4.69, 9.17) is 23.2 Å². The smallest absolute Gasteiger partial charge is 0.263 e. The van der Waals surface area contributed by atoms with Gasteiger partial charge < -0.3 is 0 Å². The Morgan fingerprint density at radius 1 is 1.10 bits per heavy atom. The van der Waals surface area contributed by atoms with Crippen molar-refractivity contribution in [2.45, 2.75) is 4.90 Å². The fourth-order valence-electron chi connectivity index (χ4n) is 1.82. The molecule has 0 fully saturated rings. The number of aromatic nitrogens is 1. The first kappa shape index (κ1) is 14.6. The van der Waals surface area contributed by atoms with Crippen molar-refractivity contribution in [3.63, 3.8) is 0 Å². The van der Waals surface area contributed by atoms with E-state index in [2.05, 4.69) is 9.71 Å². The Bertz CT molecular complexity index is 923. The third-order valence-electron chi connectivity index (χ3n) is 2.77. The number of rotatable bonds is 3. The van der Waals surface area contributed by atoms with Crippen molar-refractivity contribution in [3.8, 4) is 0 Å². The Morgan fingerprint density at radius 3 is 2.67 bits per heavy atom. The lowest BCUT2D eigenvalue weighted by atomic mass is 10.3. The zero-order valence-electron chi connectivity index (χ0n) is 10.4. The number of anilines is 1. The van der Waals surface area contributed by atoms with Gasteiger partial charge in [0.15, 0.2) is 0 Å². The van der Waals surface area contributed by atoms with E-state index >= 15 is 0 Å². The summed E-state index contributed by atoms with van der Waals surface area (Å²) in [4.78, 5) is 4.13. The third kappa shape index (κ3) is 2.98. The average Bonchev–Trinajstić information content (AvgIpc) is 2.85. The molecule has 3 aromatic rings. The summed E-state index contributed by atoms with van der Waals surface area (Å²) in [6.07, 6.45) is 0. The van der Waals surface area contributed by atoms with Crippen LogP contribution in [0.5, 0.6) is 0 Å². The largest absolute Gasteiger partial charge is 0.280 e. The van der Waals surface area contributed by atoms with Gasteiger partial charge in [0.25, 0.3) is 10.0 Å². The number of hydrogen-bond acceptors (Lipinski definition) is 4. The molecule has 21 heavy (non-hydrogen) atoms. The maximum atomic E-state index is 12.4. The Hall–Kier alpha value is -1.34. The van der Waals surface area contributed by atoms with E-state index in [1.807, 2.05) is 0 Å². The first-order valence-electron chi connectivity index (χ1n) is 5.77. The van der Waals surface area contributed by atoms with Crippen LogP contribution >= 0.6 is 34.5 Å². The van der Waals surface area contributed by atoms with E-state index in [1.54, 1.807) is 23.7 Å². The zero-order chi connectivity index (χ0) is 15.0. The van der Waals surface area contributed by atoms with Crippen molar-refractivity contribution in [2.24, 2.45) is 0 Å². The van der Waals surface area contributed by atoms with Crippen LogP contribution in [0.3, 0.4) is 0 Å². The molecule has 0 saturated heterocycles. The normalized spacial score (nSPS) is 11.7. The van der Waals surface area contributed by atoms with Gasteiger partial charge in [-0.25, -0.2) is 13.4 Å². The SMILES string of the molecule is O=S(=O)(Nc1ccc2ncsc2c1)c1ccc(Cl)cc1Cl. The van der Waals surface area contributed by atoms with Crippen molar-refractivity contribution >= 4 is 60.5 Å². The van der Waals surface area contributed by atoms with Crippen LogP contribution in [0.15, 0.2) is 46.8 Å². The second kappa shape index (κ2) is 5.46. The fourth-order valence-corrected chi connectivity index (χ4v) is 4.36. The molecule has 2 aromatic carbocycles. The maximum absolute atomic E-state index is 12.4. The van der Waals surface area contributed by atoms with Crippen molar-refractivity contribution in [1.82, 2.24) is 4.98 Å². The molecule has 0 aliphatic heterocycles. The van der Waals surface area contributed by atoms with E-state index in [-0.39, 0.29) is 9.92 Å². The van der Waals surface area contributed by atoms with Gasteiger partial charge in [-0.05, 0) is 36.4 Å². The Morgan fingerprint density at radius 2 is 1.90 bits per heavy atom. The zero-order valence-corrected chi connectivity index (χ0v) is 13.5. The van der Waals surface area contributed by atoms with E-state index < -0.39 is 10.0 Å². The monoisotopic (exact) mass is 358 g/mol. The molecular weight excluding hydrogens is 351 g/mol. The van der Waals surface area contributed by atoms with Gasteiger partial charge >= 0.3 is 0 Å². The Kier molecular flexibility index (Phi) is 3.79. The fraction of sp³-hybridized carbons (Fsp3) is 0. The minimum atomic E-state index is -3.77. The Balaban J connectivity index is 1.98. The molecule has 0 amide bonds. The highest BCUT2D eigenvalue weighted by Gasteiger charge is 2.18. The predicted molar refractivity (Wildman–Crippen MR) is 86.9 cm³/mol. The van der Waals surface area contributed by atoms with Crippen molar-refractivity contribution in [1.29, 1.82) is 0 Å². The van der Waals surface area contributed by atoms with E-state index in [9.17, 15) is 8.42 Å². The van der Waals surface area contributed by atoms with Gasteiger partial charge in [0, 0.05) is 5.02 Å². The number of nitrogens with zero attached hydrogens (tertiary/aromatic N) is 1. The number of hydrogen-bond donors (Lipinski definition) is 1. The van der Waals surface area contributed by atoms with Crippen LogP contribution in [0.4, 0.5) is 5.69 Å². The van der Waals surface area contributed by atoms with E-state index in [0.29, 0.717) is 10.7 Å². The Labute approximate surface area is 135 Å². The molecule has 0 aliphatic rings. The molecular formula is C13H8Cl2N2O2S2. The van der Waals surface area contributed by atoms with Crippen LogP contribution in [0, 0.1) is 0 Å². The average molecular weight is 359 g/mol. The van der Waals surface area contributed by atoms with Gasteiger partial charge in [0.05, 0.1) is 26.4 Å². The molecule has 0 aliphatic carbocycles. The highest BCUT2D eigenvalue weighted by Crippen LogP contribution is 2.28. The first-order valence-corrected chi connectivity index (χ1v) is 8.89. The van der Waals surface area contributed by atoms with Gasteiger partial charge in [-0.15, -0.1) is 11.3 Å². The quantitative estimate of drug-likeness (QED) is 0.754. The molecule has 0 spiro atoms. The van der Waals surface area contributed by atoms with Crippen molar-refractivity contribution in [3.05, 3.63) is 52.0 Å². The van der Waals surface area contributed by atoms with Crippen LogP contribution in [-0.4, -0.2) is 13.4 Å². The molecule has 3 rings (SSSR count). The minimum Gasteiger partial charge on any atom is -0.280 e. The molecule has 1 N–H and O–H groups in total. The van der Waals surface area contributed by atoms with Gasteiger partial charge in [-0.1, -0.05) is 23.2 Å². The molecule has 0 unspecified atom stereocenters. The third-order valence-corrected chi connectivity index (χ3v) is 5.66. The summed E-state index contributed by atoms with van der Waals surface area (Å²) >= 11 is 13.2. The first-order chi connectivity index (χ1) is 9.95. The molecule has 1 aromatic heterocycles. The van der Waals surface area contributed by atoms with E-state index in [0.717, 1.165) is 10.2 Å². The number of sulfonamides is 1. The highest BCUT2D eigenvalue weighted by atomic mass is 35.5. The summed E-state index contributed by atoms with van der Waals surface area (Å²) in [6, 6.07) is 9.39. The summed E-state index contributed by atoms with van der Waals surface area (Å²) in [7, 11) is -3.77. The molecule has 108 valence electrons. The molecule has 0 bridgehead atoms. The number of halogens is 2. The standard InChI is InChI=1S/C13H8Cl2N2O2S2/c14-8-1-4-13(10(15)5-8)21(18,19)17-9-2-3-11-12(6-9)20-7-16-11/h1-7,17H. The van der Waals surface area contributed by atoms with Crippen molar-refractivity contribution in [2.75, 3.05) is 4.72 Å². The summed E-state index contributed by atoms with van der Waals surface area (Å²) in [5, 5.41) is 0.457. The predicted octanol–water partition coefficient (Wildman–Crippen LogP) is 4.40. The molecule has 4 nitrogen and oxygen atoms in total. The minimum absolute atomic E-state index is 0.0158. The maximum Gasteiger partial charge on any atom is 0.263 e. The second-order valence-corrected chi connectivity index (χ2v) is 7.60.